The van der Waals surface area contributed by atoms with Crippen LogP contribution in [-0.4, -0.2) is 23.9 Å². The van der Waals surface area contributed by atoms with Gasteiger partial charge in [0.25, 0.3) is 5.91 Å². The molecule has 3 nitrogen and oxygen atoms in total. The third kappa shape index (κ3) is 1.07. The fourth-order valence-corrected chi connectivity index (χ4v) is 2.13. The largest absolute Gasteiger partial charge is 0.472 e. The van der Waals surface area contributed by atoms with Crippen molar-refractivity contribution < 1.29 is 9.21 Å². The number of piperidine rings is 1. The van der Waals surface area contributed by atoms with E-state index in [0.29, 0.717) is 5.56 Å². The number of likely N-dealkylation sites (tertiary alicyclic amines) is 1. The first kappa shape index (κ1) is 7.18. The number of carbonyl (C=O) groups excluding carboxylic acids is 1. The molecule has 1 aliphatic heterocycles. The van der Waals surface area contributed by atoms with Crippen molar-refractivity contribution in [2.45, 2.75) is 6.42 Å². The minimum Gasteiger partial charge on any atom is -0.472 e. The summed E-state index contributed by atoms with van der Waals surface area (Å²) in [5.41, 5.74) is 0.682. The number of furan rings is 1. The summed E-state index contributed by atoms with van der Waals surface area (Å²) in [7, 11) is 0. The van der Waals surface area contributed by atoms with Crippen LogP contribution < -0.4 is 0 Å². The Balaban J connectivity index is 1.75. The smallest absolute Gasteiger partial charge is 0.257 e. The molecule has 2 aliphatic rings. The third-order valence-electron chi connectivity index (χ3n) is 3.03. The van der Waals surface area contributed by atoms with E-state index < -0.39 is 0 Å². The molecule has 0 radical (unpaired) electrons. The maximum Gasteiger partial charge on any atom is 0.257 e. The molecule has 1 aromatic rings. The van der Waals surface area contributed by atoms with E-state index in [9.17, 15) is 4.79 Å². The van der Waals surface area contributed by atoms with E-state index in [-0.39, 0.29) is 5.91 Å². The Bertz CT molecular complexity index is 321. The molecular formula is C10H11NO2. The van der Waals surface area contributed by atoms with Crippen LogP contribution in [0.5, 0.6) is 0 Å². The van der Waals surface area contributed by atoms with Gasteiger partial charge in [0.15, 0.2) is 0 Å². The third-order valence-corrected chi connectivity index (χ3v) is 3.03. The Labute approximate surface area is 76.3 Å². The molecule has 0 spiro atoms. The zero-order valence-electron chi connectivity index (χ0n) is 7.27. The minimum absolute atomic E-state index is 0.126. The molecule has 3 rings (SSSR count). The summed E-state index contributed by atoms with van der Waals surface area (Å²) < 4.78 is 4.89. The molecule has 1 aliphatic carbocycles. The molecule has 1 aromatic heterocycles. The summed E-state index contributed by atoms with van der Waals surface area (Å²) in [6.07, 6.45) is 4.39. The quantitative estimate of drug-likeness (QED) is 0.649. The predicted molar refractivity (Wildman–Crippen MR) is 46.2 cm³/mol. The van der Waals surface area contributed by atoms with E-state index in [1.165, 1.54) is 12.7 Å². The molecule has 68 valence electrons. The standard InChI is InChI=1S/C10H11NO2/c12-10(7-1-2-13-6-7)11-4-8-3-9(8)5-11/h1-2,6,8-9H,3-5H2/t8-,9+. The number of hydrogen-bond donors (Lipinski definition) is 0. The van der Waals surface area contributed by atoms with Crippen LogP contribution in [0.3, 0.4) is 0 Å². The van der Waals surface area contributed by atoms with Gasteiger partial charge >= 0.3 is 0 Å². The molecule has 0 bridgehead atoms. The predicted octanol–water partition coefficient (Wildman–Crippen LogP) is 1.37. The highest BCUT2D eigenvalue weighted by Crippen LogP contribution is 2.45. The van der Waals surface area contributed by atoms with Crippen molar-refractivity contribution >= 4 is 5.91 Å². The van der Waals surface area contributed by atoms with Gasteiger partial charge in [0, 0.05) is 13.1 Å². The molecular weight excluding hydrogens is 166 g/mol. The summed E-state index contributed by atoms with van der Waals surface area (Å²) in [4.78, 5) is 13.7. The fraction of sp³-hybridized carbons (Fsp3) is 0.500. The van der Waals surface area contributed by atoms with Crippen molar-refractivity contribution in [3.63, 3.8) is 0 Å². The van der Waals surface area contributed by atoms with Crippen LogP contribution in [-0.2, 0) is 0 Å². The van der Waals surface area contributed by atoms with Gasteiger partial charge in [-0.2, -0.15) is 0 Å². The van der Waals surface area contributed by atoms with E-state index in [2.05, 4.69) is 0 Å². The Morgan fingerprint density at radius 2 is 2.23 bits per heavy atom. The van der Waals surface area contributed by atoms with Crippen LogP contribution in [0.1, 0.15) is 16.8 Å². The van der Waals surface area contributed by atoms with Crippen molar-refractivity contribution in [3.8, 4) is 0 Å². The van der Waals surface area contributed by atoms with Gasteiger partial charge in [0.1, 0.15) is 6.26 Å². The second-order valence-electron chi connectivity index (χ2n) is 3.98. The summed E-state index contributed by atoms with van der Waals surface area (Å²) >= 11 is 0. The van der Waals surface area contributed by atoms with E-state index in [4.69, 9.17) is 4.42 Å². The first-order valence-corrected chi connectivity index (χ1v) is 4.66. The van der Waals surface area contributed by atoms with Crippen molar-refractivity contribution in [2.75, 3.05) is 13.1 Å². The Kier molecular flexibility index (Phi) is 1.31. The lowest BCUT2D eigenvalue weighted by molar-refractivity contribution is 0.0775. The van der Waals surface area contributed by atoms with E-state index >= 15 is 0 Å². The first-order valence-electron chi connectivity index (χ1n) is 4.66. The summed E-state index contributed by atoms with van der Waals surface area (Å²) in [5.74, 6) is 1.73. The topological polar surface area (TPSA) is 33.5 Å². The van der Waals surface area contributed by atoms with Crippen LogP contribution in [0, 0.1) is 11.8 Å². The molecule has 1 saturated carbocycles. The number of hydrogen-bond acceptors (Lipinski definition) is 2. The molecule has 0 unspecified atom stereocenters. The minimum atomic E-state index is 0.126. The Hall–Kier alpha value is -1.25. The number of nitrogens with zero attached hydrogens (tertiary/aromatic N) is 1. The van der Waals surface area contributed by atoms with Gasteiger partial charge in [-0.25, -0.2) is 0 Å². The van der Waals surface area contributed by atoms with Crippen molar-refractivity contribution in [1.82, 2.24) is 4.90 Å². The highest BCUT2D eigenvalue weighted by Gasteiger charge is 2.46. The normalized spacial score (nSPS) is 30.3. The molecule has 3 heteroatoms. The summed E-state index contributed by atoms with van der Waals surface area (Å²) in [6, 6.07) is 1.73. The number of rotatable bonds is 1. The molecule has 13 heavy (non-hydrogen) atoms. The van der Waals surface area contributed by atoms with Crippen LogP contribution in [0.15, 0.2) is 23.0 Å². The average molecular weight is 177 g/mol. The fourth-order valence-electron chi connectivity index (χ4n) is 2.13. The van der Waals surface area contributed by atoms with Crippen molar-refractivity contribution in [2.24, 2.45) is 11.8 Å². The van der Waals surface area contributed by atoms with Crippen LogP contribution in [0.25, 0.3) is 0 Å². The highest BCUT2D eigenvalue weighted by atomic mass is 16.3. The van der Waals surface area contributed by atoms with E-state index in [1.54, 1.807) is 12.3 Å². The van der Waals surface area contributed by atoms with Gasteiger partial charge < -0.3 is 9.32 Å². The number of fused-ring (bicyclic) bond motifs is 1. The van der Waals surface area contributed by atoms with Gasteiger partial charge in [0.2, 0.25) is 0 Å². The maximum atomic E-state index is 11.7. The number of carbonyl (C=O) groups is 1. The lowest BCUT2D eigenvalue weighted by Gasteiger charge is -2.16. The molecule has 2 fully saturated rings. The van der Waals surface area contributed by atoms with Crippen LogP contribution in [0.4, 0.5) is 0 Å². The molecule has 2 heterocycles. The van der Waals surface area contributed by atoms with Crippen molar-refractivity contribution in [1.29, 1.82) is 0 Å². The second-order valence-corrected chi connectivity index (χ2v) is 3.98. The highest BCUT2D eigenvalue weighted by molar-refractivity contribution is 5.94. The van der Waals surface area contributed by atoms with Crippen molar-refractivity contribution in [3.05, 3.63) is 24.2 Å². The SMILES string of the molecule is O=C(c1ccoc1)N1C[C@H]2C[C@H]2C1. The molecule has 1 amide bonds. The molecule has 0 N–H and O–H groups in total. The summed E-state index contributed by atoms with van der Waals surface area (Å²) in [6.45, 7) is 1.91. The Morgan fingerprint density at radius 3 is 2.85 bits per heavy atom. The first-order chi connectivity index (χ1) is 6.34. The number of amides is 1. The lowest BCUT2D eigenvalue weighted by atomic mass is 10.3. The van der Waals surface area contributed by atoms with Gasteiger partial charge in [-0.05, 0) is 24.3 Å². The van der Waals surface area contributed by atoms with E-state index in [1.807, 2.05) is 4.90 Å². The van der Waals surface area contributed by atoms with Gasteiger partial charge in [-0.15, -0.1) is 0 Å². The Morgan fingerprint density at radius 1 is 1.46 bits per heavy atom. The molecule has 1 saturated heterocycles. The molecule has 2 atom stereocenters. The zero-order chi connectivity index (χ0) is 8.84. The maximum absolute atomic E-state index is 11.7. The average Bonchev–Trinajstić information content (AvgIpc) is 2.63. The zero-order valence-corrected chi connectivity index (χ0v) is 7.27. The summed E-state index contributed by atoms with van der Waals surface area (Å²) in [5, 5.41) is 0. The lowest BCUT2D eigenvalue weighted by Crippen LogP contribution is -2.29. The van der Waals surface area contributed by atoms with E-state index in [0.717, 1.165) is 24.9 Å². The van der Waals surface area contributed by atoms with Crippen LogP contribution >= 0.6 is 0 Å². The monoisotopic (exact) mass is 177 g/mol. The second kappa shape index (κ2) is 2.37. The molecule has 0 aromatic carbocycles. The van der Waals surface area contributed by atoms with Gasteiger partial charge in [-0.3, -0.25) is 4.79 Å². The van der Waals surface area contributed by atoms with Gasteiger partial charge in [0.05, 0.1) is 11.8 Å². The van der Waals surface area contributed by atoms with Gasteiger partial charge in [-0.1, -0.05) is 0 Å². The van der Waals surface area contributed by atoms with Crippen LogP contribution in [0.2, 0.25) is 0 Å².